The summed E-state index contributed by atoms with van der Waals surface area (Å²) in [6, 6.07) is 8.60. The van der Waals surface area contributed by atoms with E-state index in [9.17, 15) is 0 Å². The maximum absolute atomic E-state index is 4.17. The number of aryl methyl sites for hydroxylation is 1. The molecule has 2 aromatic rings. The molecule has 0 fully saturated rings. The van der Waals surface area contributed by atoms with Gasteiger partial charge in [-0.3, -0.25) is 4.98 Å². The molecule has 0 aliphatic carbocycles. The van der Waals surface area contributed by atoms with E-state index >= 15 is 0 Å². The van der Waals surface area contributed by atoms with E-state index in [1.54, 1.807) is 0 Å². The van der Waals surface area contributed by atoms with Gasteiger partial charge in [-0.2, -0.15) is 0 Å². The molecule has 0 spiro atoms. The number of benzene rings is 1. The third kappa shape index (κ3) is 3.54. The first-order valence-corrected chi connectivity index (χ1v) is 6.79. The van der Waals surface area contributed by atoms with Gasteiger partial charge >= 0.3 is 0 Å². The monoisotopic (exact) mass is 242 g/mol. The topological polar surface area (TPSA) is 24.9 Å². The van der Waals surface area contributed by atoms with Gasteiger partial charge in [0.15, 0.2) is 0 Å². The number of nitrogens with one attached hydrogen (secondary N) is 1. The number of hydrogen-bond acceptors (Lipinski definition) is 2. The van der Waals surface area contributed by atoms with E-state index in [1.807, 2.05) is 12.4 Å². The predicted molar refractivity (Wildman–Crippen MR) is 77.8 cm³/mol. The third-order valence-electron chi connectivity index (χ3n) is 3.12. The molecule has 0 bridgehead atoms. The van der Waals surface area contributed by atoms with Crippen LogP contribution < -0.4 is 5.32 Å². The molecule has 0 aliphatic heterocycles. The Morgan fingerprint density at radius 2 is 2.11 bits per heavy atom. The van der Waals surface area contributed by atoms with Crippen molar-refractivity contribution < 1.29 is 0 Å². The molecule has 2 heteroatoms. The van der Waals surface area contributed by atoms with E-state index in [-0.39, 0.29) is 0 Å². The highest BCUT2D eigenvalue weighted by Gasteiger charge is 2.00. The van der Waals surface area contributed by atoms with Crippen molar-refractivity contribution in [2.75, 3.05) is 13.1 Å². The van der Waals surface area contributed by atoms with Gasteiger partial charge in [0.2, 0.25) is 0 Å². The Bertz CT molecular complexity index is 486. The second kappa shape index (κ2) is 6.50. The van der Waals surface area contributed by atoms with Gasteiger partial charge in [-0.15, -0.1) is 0 Å². The van der Waals surface area contributed by atoms with E-state index in [2.05, 4.69) is 48.4 Å². The summed E-state index contributed by atoms with van der Waals surface area (Å²) in [7, 11) is 0. The zero-order valence-corrected chi connectivity index (χ0v) is 11.3. The van der Waals surface area contributed by atoms with Crippen molar-refractivity contribution in [3.63, 3.8) is 0 Å². The standard InChI is InChI=1S/C16H22N2/c1-13(2)11-17-9-4-7-14-5-3-6-15-12-18-10-8-16(14)15/h3,5-6,8,10,12-13,17H,4,7,9,11H2,1-2H3. The van der Waals surface area contributed by atoms with Gasteiger partial charge in [0.25, 0.3) is 0 Å². The van der Waals surface area contributed by atoms with Gasteiger partial charge in [0.1, 0.15) is 0 Å². The molecule has 2 rings (SSSR count). The van der Waals surface area contributed by atoms with E-state index in [4.69, 9.17) is 0 Å². The lowest BCUT2D eigenvalue weighted by Crippen LogP contribution is -2.21. The van der Waals surface area contributed by atoms with Crippen molar-refractivity contribution in [1.82, 2.24) is 10.3 Å². The molecular weight excluding hydrogens is 220 g/mol. The van der Waals surface area contributed by atoms with E-state index in [0.29, 0.717) is 0 Å². The van der Waals surface area contributed by atoms with Crippen molar-refractivity contribution in [2.45, 2.75) is 26.7 Å². The van der Waals surface area contributed by atoms with Crippen molar-refractivity contribution in [3.8, 4) is 0 Å². The quantitative estimate of drug-likeness (QED) is 0.785. The molecule has 0 saturated heterocycles. The molecule has 0 saturated carbocycles. The first-order valence-electron chi connectivity index (χ1n) is 6.79. The van der Waals surface area contributed by atoms with Crippen LogP contribution in [0.1, 0.15) is 25.8 Å². The van der Waals surface area contributed by atoms with Crippen LogP contribution in [0.4, 0.5) is 0 Å². The number of rotatable bonds is 6. The van der Waals surface area contributed by atoms with Gasteiger partial charge in [-0.05, 0) is 48.9 Å². The average Bonchev–Trinajstić information content (AvgIpc) is 2.38. The molecule has 0 aliphatic rings. The van der Waals surface area contributed by atoms with Crippen LogP contribution in [0.2, 0.25) is 0 Å². The summed E-state index contributed by atoms with van der Waals surface area (Å²) in [5, 5.41) is 6.08. The fourth-order valence-corrected chi connectivity index (χ4v) is 2.20. The minimum atomic E-state index is 0.730. The van der Waals surface area contributed by atoms with Crippen LogP contribution in [0.5, 0.6) is 0 Å². The van der Waals surface area contributed by atoms with Crippen LogP contribution in [0.25, 0.3) is 10.8 Å². The Hall–Kier alpha value is -1.41. The first kappa shape index (κ1) is 13.0. The molecule has 0 unspecified atom stereocenters. The number of hydrogen-bond donors (Lipinski definition) is 1. The van der Waals surface area contributed by atoms with Crippen molar-refractivity contribution in [3.05, 3.63) is 42.2 Å². The number of nitrogens with zero attached hydrogens (tertiary/aromatic N) is 1. The summed E-state index contributed by atoms with van der Waals surface area (Å²) in [6.45, 7) is 6.69. The summed E-state index contributed by atoms with van der Waals surface area (Å²) in [5.41, 5.74) is 1.43. The fourth-order valence-electron chi connectivity index (χ4n) is 2.20. The molecule has 2 nitrogen and oxygen atoms in total. The van der Waals surface area contributed by atoms with Gasteiger partial charge in [0.05, 0.1) is 0 Å². The Morgan fingerprint density at radius 3 is 2.94 bits per heavy atom. The highest BCUT2D eigenvalue weighted by Crippen LogP contribution is 2.18. The number of pyridine rings is 1. The van der Waals surface area contributed by atoms with Crippen LogP contribution in [0, 0.1) is 5.92 Å². The molecule has 0 atom stereocenters. The molecule has 1 heterocycles. The second-order valence-electron chi connectivity index (χ2n) is 5.22. The number of fused-ring (bicyclic) bond motifs is 1. The predicted octanol–water partition coefficient (Wildman–Crippen LogP) is 3.41. The highest BCUT2D eigenvalue weighted by atomic mass is 14.8. The second-order valence-corrected chi connectivity index (χ2v) is 5.22. The largest absolute Gasteiger partial charge is 0.316 e. The van der Waals surface area contributed by atoms with E-state index < -0.39 is 0 Å². The van der Waals surface area contributed by atoms with Gasteiger partial charge in [0, 0.05) is 17.8 Å². The Balaban J connectivity index is 1.91. The van der Waals surface area contributed by atoms with Gasteiger partial charge < -0.3 is 5.32 Å². The minimum absolute atomic E-state index is 0.730. The highest BCUT2D eigenvalue weighted by molar-refractivity contribution is 5.84. The summed E-state index contributed by atoms with van der Waals surface area (Å²) in [6.07, 6.45) is 6.14. The Morgan fingerprint density at radius 1 is 1.22 bits per heavy atom. The molecule has 0 radical (unpaired) electrons. The van der Waals surface area contributed by atoms with Crippen LogP contribution in [0.3, 0.4) is 0 Å². The molecule has 18 heavy (non-hydrogen) atoms. The summed E-state index contributed by atoms with van der Waals surface area (Å²) in [5.74, 6) is 0.730. The summed E-state index contributed by atoms with van der Waals surface area (Å²) in [4.78, 5) is 4.17. The zero-order chi connectivity index (χ0) is 12.8. The Labute approximate surface area is 109 Å². The fraction of sp³-hybridized carbons (Fsp3) is 0.438. The van der Waals surface area contributed by atoms with E-state index in [1.165, 1.54) is 22.8 Å². The van der Waals surface area contributed by atoms with E-state index in [0.717, 1.165) is 25.4 Å². The van der Waals surface area contributed by atoms with Gasteiger partial charge in [-0.1, -0.05) is 32.0 Å². The first-order chi connectivity index (χ1) is 8.77. The molecule has 1 aromatic carbocycles. The Kier molecular flexibility index (Phi) is 4.71. The lowest BCUT2D eigenvalue weighted by atomic mass is 10.0. The van der Waals surface area contributed by atoms with Crippen molar-refractivity contribution in [1.29, 1.82) is 0 Å². The molecule has 1 N–H and O–H groups in total. The molecule has 1 aromatic heterocycles. The lowest BCUT2D eigenvalue weighted by molar-refractivity contribution is 0.543. The van der Waals surface area contributed by atoms with Crippen LogP contribution in [-0.4, -0.2) is 18.1 Å². The minimum Gasteiger partial charge on any atom is -0.316 e. The van der Waals surface area contributed by atoms with Crippen molar-refractivity contribution >= 4 is 10.8 Å². The maximum Gasteiger partial charge on any atom is 0.0346 e. The lowest BCUT2D eigenvalue weighted by Gasteiger charge is -2.08. The van der Waals surface area contributed by atoms with Crippen LogP contribution >= 0.6 is 0 Å². The summed E-state index contributed by atoms with van der Waals surface area (Å²) >= 11 is 0. The van der Waals surface area contributed by atoms with Crippen LogP contribution in [-0.2, 0) is 6.42 Å². The molecule has 0 amide bonds. The van der Waals surface area contributed by atoms with Crippen LogP contribution in [0.15, 0.2) is 36.7 Å². The average molecular weight is 242 g/mol. The SMILES string of the molecule is CC(C)CNCCCc1cccc2cnccc12. The zero-order valence-electron chi connectivity index (χ0n) is 11.3. The summed E-state index contributed by atoms with van der Waals surface area (Å²) < 4.78 is 0. The van der Waals surface area contributed by atoms with Gasteiger partial charge in [-0.25, -0.2) is 0 Å². The molecular formula is C16H22N2. The number of aromatic nitrogens is 1. The van der Waals surface area contributed by atoms with Crippen molar-refractivity contribution in [2.24, 2.45) is 5.92 Å². The smallest absolute Gasteiger partial charge is 0.0346 e. The molecule has 96 valence electrons. The normalized spacial score (nSPS) is 11.3. The maximum atomic E-state index is 4.17. The third-order valence-corrected chi connectivity index (χ3v) is 3.12.